The van der Waals surface area contributed by atoms with Crippen molar-refractivity contribution in [1.29, 1.82) is 0 Å². The predicted molar refractivity (Wildman–Crippen MR) is 45.3 cm³/mol. The average Bonchev–Trinajstić information content (AvgIpc) is 2.76. The molecule has 2 fully saturated rings. The van der Waals surface area contributed by atoms with Crippen molar-refractivity contribution in [2.45, 2.75) is 39.9 Å². The monoisotopic (exact) mass is 154 g/mol. The van der Waals surface area contributed by atoms with Crippen molar-refractivity contribution in [3.63, 3.8) is 0 Å². The van der Waals surface area contributed by atoms with Crippen LogP contribution in [-0.4, -0.2) is 12.2 Å². The molecule has 0 radical (unpaired) electrons. The largest absolute Gasteiger partial charge is 0.369 e. The Kier molecular flexibility index (Phi) is 1.54. The molecule has 11 heavy (non-hydrogen) atoms. The molecule has 1 heteroatoms. The second-order valence-electron chi connectivity index (χ2n) is 4.50. The zero-order valence-corrected chi connectivity index (χ0v) is 7.87. The zero-order chi connectivity index (χ0) is 8.17. The van der Waals surface area contributed by atoms with Gasteiger partial charge in [0, 0.05) is 0 Å². The SMILES string of the molecule is CC1C(C)C(C)C2OC2C1C. The first-order chi connectivity index (χ1) is 5.13. The molecule has 0 spiro atoms. The van der Waals surface area contributed by atoms with Gasteiger partial charge in [0.15, 0.2) is 0 Å². The second-order valence-corrected chi connectivity index (χ2v) is 4.50. The second kappa shape index (κ2) is 2.22. The van der Waals surface area contributed by atoms with Crippen LogP contribution in [0.25, 0.3) is 0 Å². The standard InChI is InChI=1S/C10H18O/c1-5-6(2)8(4)10-9(11-10)7(5)3/h5-10H,1-4H3. The molecule has 0 amide bonds. The Morgan fingerprint density at radius 3 is 1.36 bits per heavy atom. The molecule has 6 unspecified atom stereocenters. The summed E-state index contributed by atoms with van der Waals surface area (Å²) in [5.41, 5.74) is 0. The first-order valence-electron chi connectivity index (χ1n) is 4.78. The molecular formula is C10H18O. The van der Waals surface area contributed by atoms with E-state index in [1.165, 1.54) is 0 Å². The molecule has 6 atom stereocenters. The van der Waals surface area contributed by atoms with Gasteiger partial charge in [-0.05, 0) is 23.7 Å². The Morgan fingerprint density at radius 1 is 0.636 bits per heavy atom. The molecular weight excluding hydrogens is 136 g/mol. The summed E-state index contributed by atoms with van der Waals surface area (Å²) in [6.45, 7) is 9.39. The quantitative estimate of drug-likeness (QED) is 0.488. The summed E-state index contributed by atoms with van der Waals surface area (Å²) >= 11 is 0. The summed E-state index contributed by atoms with van der Waals surface area (Å²) < 4.78 is 5.64. The fourth-order valence-corrected chi connectivity index (χ4v) is 2.54. The van der Waals surface area contributed by atoms with Crippen LogP contribution < -0.4 is 0 Å². The van der Waals surface area contributed by atoms with Gasteiger partial charge in [-0.15, -0.1) is 0 Å². The van der Waals surface area contributed by atoms with E-state index in [9.17, 15) is 0 Å². The topological polar surface area (TPSA) is 12.5 Å². The van der Waals surface area contributed by atoms with E-state index in [1.807, 2.05) is 0 Å². The van der Waals surface area contributed by atoms with Gasteiger partial charge in [0.1, 0.15) is 0 Å². The highest BCUT2D eigenvalue weighted by molar-refractivity contribution is 5.01. The highest BCUT2D eigenvalue weighted by Gasteiger charge is 2.54. The zero-order valence-electron chi connectivity index (χ0n) is 7.87. The van der Waals surface area contributed by atoms with Gasteiger partial charge in [-0.2, -0.15) is 0 Å². The summed E-state index contributed by atoms with van der Waals surface area (Å²) in [6, 6.07) is 0. The molecule has 1 aliphatic carbocycles. The molecule has 1 heterocycles. The van der Waals surface area contributed by atoms with Gasteiger partial charge in [-0.3, -0.25) is 0 Å². The molecule has 1 saturated carbocycles. The summed E-state index contributed by atoms with van der Waals surface area (Å²) in [6.07, 6.45) is 1.22. The Labute approximate surface area is 69.1 Å². The number of fused-ring (bicyclic) bond motifs is 1. The van der Waals surface area contributed by atoms with E-state index in [0.29, 0.717) is 12.2 Å². The molecule has 2 rings (SSSR count). The van der Waals surface area contributed by atoms with E-state index in [2.05, 4.69) is 27.7 Å². The Balaban J connectivity index is 2.13. The van der Waals surface area contributed by atoms with E-state index in [0.717, 1.165) is 23.7 Å². The van der Waals surface area contributed by atoms with Crippen LogP contribution in [0.5, 0.6) is 0 Å². The summed E-state index contributed by atoms with van der Waals surface area (Å²) in [7, 11) is 0. The molecule has 0 aromatic carbocycles. The fourth-order valence-electron chi connectivity index (χ4n) is 2.54. The molecule has 2 aliphatic rings. The molecule has 1 nitrogen and oxygen atoms in total. The maximum Gasteiger partial charge on any atom is 0.0872 e. The Morgan fingerprint density at radius 2 is 1.00 bits per heavy atom. The Hall–Kier alpha value is -0.0400. The lowest BCUT2D eigenvalue weighted by atomic mass is 9.69. The van der Waals surface area contributed by atoms with Crippen LogP contribution in [0.1, 0.15) is 27.7 Å². The van der Waals surface area contributed by atoms with Crippen LogP contribution in [0.15, 0.2) is 0 Å². The highest BCUT2D eigenvalue weighted by atomic mass is 16.6. The molecule has 1 aliphatic heterocycles. The van der Waals surface area contributed by atoms with E-state index in [1.54, 1.807) is 0 Å². The first-order valence-corrected chi connectivity index (χ1v) is 4.78. The molecule has 0 N–H and O–H groups in total. The predicted octanol–water partition coefficient (Wildman–Crippen LogP) is 2.31. The number of ether oxygens (including phenoxy) is 1. The van der Waals surface area contributed by atoms with Gasteiger partial charge in [0.05, 0.1) is 12.2 Å². The van der Waals surface area contributed by atoms with Gasteiger partial charge < -0.3 is 4.74 Å². The Bertz CT molecular complexity index is 148. The normalized spacial score (nSPS) is 62.2. The minimum Gasteiger partial charge on any atom is -0.369 e. The maximum atomic E-state index is 5.64. The van der Waals surface area contributed by atoms with Crippen molar-refractivity contribution in [2.75, 3.05) is 0 Å². The van der Waals surface area contributed by atoms with Crippen LogP contribution in [0, 0.1) is 23.7 Å². The third-order valence-corrected chi connectivity index (χ3v) is 4.09. The lowest BCUT2D eigenvalue weighted by molar-refractivity contribution is 0.170. The van der Waals surface area contributed by atoms with Gasteiger partial charge >= 0.3 is 0 Å². The van der Waals surface area contributed by atoms with E-state index in [-0.39, 0.29) is 0 Å². The van der Waals surface area contributed by atoms with Crippen LogP contribution in [-0.2, 0) is 4.74 Å². The van der Waals surface area contributed by atoms with Crippen molar-refractivity contribution in [3.8, 4) is 0 Å². The van der Waals surface area contributed by atoms with Crippen molar-refractivity contribution < 1.29 is 4.74 Å². The van der Waals surface area contributed by atoms with Gasteiger partial charge in [-0.1, -0.05) is 27.7 Å². The lowest BCUT2D eigenvalue weighted by Gasteiger charge is -2.33. The van der Waals surface area contributed by atoms with Gasteiger partial charge in [-0.25, -0.2) is 0 Å². The number of rotatable bonds is 0. The molecule has 0 aromatic heterocycles. The van der Waals surface area contributed by atoms with E-state index >= 15 is 0 Å². The number of epoxide rings is 1. The summed E-state index contributed by atoms with van der Waals surface area (Å²) in [5, 5.41) is 0. The van der Waals surface area contributed by atoms with Crippen molar-refractivity contribution in [2.24, 2.45) is 23.7 Å². The minimum absolute atomic E-state index is 0.608. The molecule has 64 valence electrons. The lowest BCUT2D eigenvalue weighted by Crippen LogP contribution is -2.34. The number of hydrogen-bond acceptors (Lipinski definition) is 1. The van der Waals surface area contributed by atoms with E-state index in [4.69, 9.17) is 4.74 Å². The smallest absolute Gasteiger partial charge is 0.0872 e. The van der Waals surface area contributed by atoms with E-state index < -0.39 is 0 Å². The first kappa shape index (κ1) is 7.60. The molecule has 1 saturated heterocycles. The van der Waals surface area contributed by atoms with Gasteiger partial charge in [0.25, 0.3) is 0 Å². The van der Waals surface area contributed by atoms with Gasteiger partial charge in [0.2, 0.25) is 0 Å². The van der Waals surface area contributed by atoms with Crippen LogP contribution >= 0.6 is 0 Å². The number of hydrogen-bond donors (Lipinski definition) is 0. The maximum absolute atomic E-state index is 5.64. The highest BCUT2D eigenvalue weighted by Crippen LogP contribution is 2.49. The average molecular weight is 154 g/mol. The van der Waals surface area contributed by atoms with Crippen molar-refractivity contribution in [3.05, 3.63) is 0 Å². The van der Waals surface area contributed by atoms with Crippen LogP contribution in [0.3, 0.4) is 0 Å². The summed E-state index contributed by atoms with van der Waals surface area (Å²) in [5.74, 6) is 3.25. The van der Waals surface area contributed by atoms with Crippen molar-refractivity contribution in [1.82, 2.24) is 0 Å². The molecule has 0 aromatic rings. The third-order valence-electron chi connectivity index (χ3n) is 4.09. The van der Waals surface area contributed by atoms with Crippen molar-refractivity contribution >= 4 is 0 Å². The fraction of sp³-hybridized carbons (Fsp3) is 1.00. The third kappa shape index (κ3) is 0.936. The minimum atomic E-state index is 0.608. The molecule has 0 bridgehead atoms. The summed E-state index contributed by atoms with van der Waals surface area (Å²) in [4.78, 5) is 0. The van der Waals surface area contributed by atoms with Crippen LogP contribution in [0.2, 0.25) is 0 Å². The van der Waals surface area contributed by atoms with Crippen LogP contribution in [0.4, 0.5) is 0 Å².